The number of unbranched alkanes of at least 4 members (excludes halogenated alkanes) is 28. The first-order chi connectivity index (χ1) is 27.0. The fraction of sp³-hybridized carbons (Fsp3) is 0.894. The van der Waals surface area contributed by atoms with Gasteiger partial charge in [0.25, 0.3) is 7.82 Å². The summed E-state index contributed by atoms with van der Waals surface area (Å²) in [5.41, 5.74) is 0. The molecule has 0 heterocycles. The van der Waals surface area contributed by atoms with Gasteiger partial charge in [-0.1, -0.05) is 199 Å². The Balaban J connectivity index is 4.19. The van der Waals surface area contributed by atoms with E-state index in [0.717, 1.165) is 32.1 Å². The molecular formula is C47H93N2O6P. The van der Waals surface area contributed by atoms with Crippen molar-refractivity contribution in [3.8, 4) is 0 Å². The van der Waals surface area contributed by atoms with Crippen LogP contribution in [0.5, 0.6) is 0 Å². The maximum Gasteiger partial charge on any atom is 0.268 e. The number of aliphatic hydroxyl groups excluding tert-OH is 1. The third-order valence-corrected chi connectivity index (χ3v) is 11.6. The van der Waals surface area contributed by atoms with Crippen LogP contribution in [0.4, 0.5) is 0 Å². The highest BCUT2D eigenvalue weighted by Gasteiger charge is 2.23. The highest BCUT2D eigenvalue weighted by atomic mass is 31.2. The van der Waals surface area contributed by atoms with Crippen LogP contribution in [-0.2, 0) is 18.4 Å². The molecule has 8 nitrogen and oxygen atoms in total. The first kappa shape index (κ1) is 55.0. The summed E-state index contributed by atoms with van der Waals surface area (Å²) in [6.07, 6.45) is 46.9. The van der Waals surface area contributed by atoms with Crippen molar-refractivity contribution in [2.75, 3.05) is 40.9 Å². The molecule has 0 spiro atoms. The summed E-state index contributed by atoms with van der Waals surface area (Å²) >= 11 is 0. The van der Waals surface area contributed by atoms with Gasteiger partial charge in [-0.15, -0.1) is 0 Å². The number of phosphoric ester groups is 1. The van der Waals surface area contributed by atoms with E-state index in [2.05, 4.69) is 31.3 Å². The van der Waals surface area contributed by atoms with Gasteiger partial charge in [0, 0.05) is 6.42 Å². The van der Waals surface area contributed by atoms with E-state index in [9.17, 15) is 19.4 Å². The topological polar surface area (TPSA) is 108 Å². The van der Waals surface area contributed by atoms with E-state index < -0.39 is 20.0 Å². The lowest BCUT2D eigenvalue weighted by Gasteiger charge is -2.29. The third kappa shape index (κ3) is 41.2. The molecule has 9 heteroatoms. The molecule has 0 aromatic heterocycles. The predicted molar refractivity (Wildman–Crippen MR) is 238 cm³/mol. The molecule has 56 heavy (non-hydrogen) atoms. The van der Waals surface area contributed by atoms with Crippen molar-refractivity contribution in [2.45, 2.75) is 231 Å². The predicted octanol–water partition coefficient (Wildman–Crippen LogP) is 12.7. The maximum atomic E-state index is 12.8. The number of allylic oxidation sites excluding steroid dienone is 3. The molecule has 0 aromatic rings. The number of quaternary nitrogens is 1. The van der Waals surface area contributed by atoms with Gasteiger partial charge in [0.05, 0.1) is 39.9 Å². The molecule has 0 aliphatic heterocycles. The van der Waals surface area contributed by atoms with E-state index in [0.29, 0.717) is 23.9 Å². The SMILES string of the molecule is CCCCCC/C=C\CCCC(=O)NC(COP(=O)([O-])OCC[N+](C)(C)C)C(O)/C=C/CCCCCCCCCCCCCCCCCCCCCCCCC. The molecule has 0 fully saturated rings. The lowest BCUT2D eigenvalue weighted by atomic mass is 10.0. The zero-order valence-electron chi connectivity index (χ0n) is 37.6. The van der Waals surface area contributed by atoms with Gasteiger partial charge in [0.15, 0.2) is 0 Å². The van der Waals surface area contributed by atoms with Crippen LogP contribution in [-0.4, -0.2) is 68.5 Å². The second-order valence-corrected chi connectivity index (χ2v) is 18.9. The van der Waals surface area contributed by atoms with E-state index in [1.54, 1.807) is 6.08 Å². The Hall–Kier alpha value is -1.02. The second-order valence-electron chi connectivity index (χ2n) is 17.5. The molecule has 0 rings (SSSR count). The number of nitrogens with zero attached hydrogens (tertiary/aromatic N) is 1. The summed E-state index contributed by atoms with van der Waals surface area (Å²) in [4.78, 5) is 25.2. The minimum Gasteiger partial charge on any atom is -0.756 e. The number of hydrogen-bond acceptors (Lipinski definition) is 6. The molecule has 0 aliphatic rings. The van der Waals surface area contributed by atoms with Crippen molar-refractivity contribution in [3.05, 3.63) is 24.3 Å². The average molecular weight is 813 g/mol. The minimum atomic E-state index is -4.59. The molecule has 0 saturated heterocycles. The van der Waals surface area contributed by atoms with Gasteiger partial charge in [0.2, 0.25) is 5.91 Å². The lowest BCUT2D eigenvalue weighted by molar-refractivity contribution is -0.870. The van der Waals surface area contributed by atoms with Gasteiger partial charge >= 0.3 is 0 Å². The number of phosphoric acid groups is 1. The molecular weight excluding hydrogens is 719 g/mol. The number of likely N-dealkylation sites (N-methyl/N-ethyl adjacent to an activating group) is 1. The third-order valence-electron chi connectivity index (χ3n) is 10.7. The Kier molecular flexibility index (Phi) is 38.7. The van der Waals surface area contributed by atoms with Crippen LogP contribution in [0, 0.1) is 0 Å². The molecule has 0 radical (unpaired) electrons. The highest BCUT2D eigenvalue weighted by Crippen LogP contribution is 2.38. The fourth-order valence-corrected chi connectivity index (χ4v) is 7.59. The largest absolute Gasteiger partial charge is 0.756 e. The molecule has 2 N–H and O–H groups in total. The van der Waals surface area contributed by atoms with Gasteiger partial charge in [-0.3, -0.25) is 9.36 Å². The monoisotopic (exact) mass is 813 g/mol. The first-order valence-electron chi connectivity index (χ1n) is 23.7. The summed E-state index contributed by atoms with van der Waals surface area (Å²) in [6.45, 7) is 4.60. The van der Waals surface area contributed by atoms with E-state index in [4.69, 9.17) is 9.05 Å². The molecule has 332 valence electrons. The minimum absolute atomic E-state index is 0.00452. The summed E-state index contributed by atoms with van der Waals surface area (Å²) < 4.78 is 23.1. The Morgan fingerprint density at radius 1 is 0.607 bits per heavy atom. The number of hydrogen-bond donors (Lipinski definition) is 2. The van der Waals surface area contributed by atoms with Crippen molar-refractivity contribution in [1.29, 1.82) is 0 Å². The lowest BCUT2D eigenvalue weighted by Crippen LogP contribution is -2.45. The maximum absolute atomic E-state index is 12.8. The molecule has 0 saturated carbocycles. The van der Waals surface area contributed by atoms with Gasteiger partial charge in [-0.05, 0) is 38.5 Å². The molecule has 0 aliphatic carbocycles. The van der Waals surface area contributed by atoms with E-state index in [1.807, 2.05) is 27.2 Å². The van der Waals surface area contributed by atoms with Crippen LogP contribution in [0.1, 0.15) is 219 Å². The van der Waals surface area contributed by atoms with Crippen molar-refractivity contribution in [3.63, 3.8) is 0 Å². The van der Waals surface area contributed by atoms with Crippen molar-refractivity contribution >= 4 is 13.7 Å². The number of nitrogens with one attached hydrogen (secondary N) is 1. The van der Waals surface area contributed by atoms with Gasteiger partial charge in [0.1, 0.15) is 13.2 Å². The number of rotatable bonds is 43. The van der Waals surface area contributed by atoms with Crippen molar-refractivity contribution in [2.24, 2.45) is 0 Å². The van der Waals surface area contributed by atoms with Gasteiger partial charge < -0.3 is 28.8 Å². The number of carbonyl (C=O) groups excluding carboxylic acids is 1. The van der Waals surface area contributed by atoms with Crippen LogP contribution in [0.25, 0.3) is 0 Å². The molecule has 0 aromatic carbocycles. The normalized spacial score (nSPS) is 14.5. The second kappa shape index (κ2) is 39.4. The quantitative estimate of drug-likeness (QED) is 0.0275. The zero-order chi connectivity index (χ0) is 41.4. The smallest absolute Gasteiger partial charge is 0.268 e. The Labute approximate surface area is 347 Å². The van der Waals surface area contributed by atoms with Gasteiger partial charge in [-0.25, -0.2) is 0 Å². The van der Waals surface area contributed by atoms with Crippen molar-refractivity contribution < 1.29 is 32.9 Å². The Morgan fingerprint density at radius 2 is 0.982 bits per heavy atom. The van der Waals surface area contributed by atoms with Crippen LogP contribution in [0.15, 0.2) is 24.3 Å². The van der Waals surface area contributed by atoms with Crippen LogP contribution < -0.4 is 10.2 Å². The fourth-order valence-electron chi connectivity index (χ4n) is 6.86. The summed E-state index contributed by atoms with van der Waals surface area (Å²) in [6, 6.07) is -0.897. The highest BCUT2D eigenvalue weighted by molar-refractivity contribution is 7.45. The summed E-state index contributed by atoms with van der Waals surface area (Å²) in [7, 11) is 1.25. The van der Waals surface area contributed by atoms with Crippen LogP contribution in [0.2, 0.25) is 0 Å². The number of carbonyl (C=O) groups is 1. The standard InChI is InChI=1S/C47H93N2O6P/c1-6-8-10-12-14-16-17-18-19-20-21-22-23-24-25-26-27-28-29-30-31-33-34-36-38-40-46(50)45(44-55-56(52,53)54-43-42-49(3,4)5)48-47(51)41-39-37-35-32-15-13-11-9-7-2/h32,35,38,40,45-46,50H,6-31,33-34,36-37,39,41-44H2,1-5H3,(H-,48,51,52,53)/b35-32-,40-38+. The molecule has 1 amide bonds. The first-order valence-corrected chi connectivity index (χ1v) is 25.2. The Bertz CT molecular complexity index is 969. The molecule has 3 atom stereocenters. The summed E-state index contributed by atoms with van der Waals surface area (Å²) in [5.74, 6) is -0.233. The van der Waals surface area contributed by atoms with E-state index in [1.165, 1.54) is 161 Å². The summed E-state index contributed by atoms with van der Waals surface area (Å²) in [5, 5.41) is 13.7. The van der Waals surface area contributed by atoms with E-state index in [-0.39, 0.29) is 19.1 Å². The number of aliphatic hydroxyl groups is 1. The van der Waals surface area contributed by atoms with Crippen LogP contribution >= 0.6 is 7.82 Å². The zero-order valence-corrected chi connectivity index (χ0v) is 38.5. The molecule has 3 unspecified atom stereocenters. The van der Waals surface area contributed by atoms with Gasteiger partial charge in [-0.2, -0.15) is 0 Å². The number of amides is 1. The van der Waals surface area contributed by atoms with E-state index >= 15 is 0 Å². The Morgan fingerprint density at radius 3 is 1.41 bits per heavy atom. The average Bonchev–Trinajstić information content (AvgIpc) is 3.15. The van der Waals surface area contributed by atoms with Crippen LogP contribution in [0.3, 0.4) is 0 Å². The molecule has 0 bridgehead atoms. The van der Waals surface area contributed by atoms with Crippen molar-refractivity contribution in [1.82, 2.24) is 5.32 Å².